The van der Waals surface area contributed by atoms with Gasteiger partial charge in [0, 0.05) is 12.5 Å². The van der Waals surface area contributed by atoms with Crippen molar-refractivity contribution in [3.63, 3.8) is 0 Å². The SMILES string of the molecule is CC1(C)CCCCC1NC1CCC(=O)NC1=O. The van der Waals surface area contributed by atoms with Gasteiger partial charge in [0.1, 0.15) is 0 Å². The maximum atomic E-state index is 11.7. The molecule has 1 aliphatic heterocycles. The Hall–Kier alpha value is -0.900. The fourth-order valence-corrected chi connectivity index (χ4v) is 2.90. The van der Waals surface area contributed by atoms with Crippen LogP contribution in [0.25, 0.3) is 0 Å². The summed E-state index contributed by atoms with van der Waals surface area (Å²) in [5.74, 6) is -0.293. The first-order valence-corrected chi connectivity index (χ1v) is 6.59. The second-order valence-corrected chi connectivity index (χ2v) is 5.96. The van der Waals surface area contributed by atoms with Crippen LogP contribution in [0.1, 0.15) is 52.4 Å². The van der Waals surface area contributed by atoms with Gasteiger partial charge < -0.3 is 5.32 Å². The van der Waals surface area contributed by atoms with E-state index in [-0.39, 0.29) is 23.3 Å². The van der Waals surface area contributed by atoms with Gasteiger partial charge in [-0.2, -0.15) is 0 Å². The van der Waals surface area contributed by atoms with Gasteiger partial charge in [0.25, 0.3) is 0 Å². The van der Waals surface area contributed by atoms with Gasteiger partial charge in [-0.05, 0) is 24.7 Å². The standard InChI is InChI=1S/C13H22N2O2/c1-13(2)8-4-3-5-10(13)14-9-6-7-11(16)15-12(9)17/h9-10,14H,3-8H2,1-2H3,(H,15,16,17). The minimum Gasteiger partial charge on any atom is -0.303 e. The van der Waals surface area contributed by atoms with Crippen molar-refractivity contribution in [3.8, 4) is 0 Å². The van der Waals surface area contributed by atoms with E-state index < -0.39 is 0 Å². The average Bonchev–Trinajstić information content (AvgIpc) is 2.24. The Morgan fingerprint density at radius 1 is 1.24 bits per heavy atom. The second kappa shape index (κ2) is 4.77. The molecule has 4 heteroatoms. The van der Waals surface area contributed by atoms with Gasteiger partial charge in [0.2, 0.25) is 11.8 Å². The van der Waals surface area contributed by atoms with E-state index >= 15 is 0 Å². The Balaban J connectivity index is 1.95. The normalized spacial score (nSPS) is 33.3. The molecular formula is C13H22N2O2. The van der Waals surface area contributed by atoms with Gasteiger partial charge in [0.15, 0.2) is 0 Å². The molecule has 4 nitrogen and oxygen atoms in total. The van der Waals surface area contributed by atoms with Gasteiger partial charge in [0.05, 0.1) is 6.04 Å². The molecule has 0 aromatic heterocycles. The number of carbonyl (C=O) groups excluding carboxylic acids is 2. The van der Waals surface area contributed by atoms with Crippen molar-refractivity contribution in [2.24, 2.45) is 5.41 Å². The molecule has 1 saturated carbocycles. The zero-order valence-electron chi connectivity index (χ0n) is 10.7. The van der Waals surface area contributed by atoms with Crippen molar-refractivity contribution < 1.29 is 9.59 Å². The van der Waals surface area contributed by atoms with Crippen LogP contribution < -0.4 is 10.6 Å². The van der Waals surface area contributed by atoms with Gasteiger partial charge in [-0.25, -0.2) is 0 Å². The first kappa shape index (κ1) is 12.6. The Labute approximate surface area is 103 Å². The Kier molecular flexibility index (Phi) is 3.52. The lowest BCUT2D eigenvalue weighted by atomic mass is 9.73. The lowest BCUT2D eigenvalue weighted by Crippen LogP contribution is -2.56. The molecule has 2 aliphatic rings. The van der Waals surface area contributed by atoms with E-state index in [1.165, 1.54) is 19.3 Å². The number of piperidine rings is 1. The van der Waals surface area contributed by atoms with Crippen molar-refractivity contribution in [2.45, 2.75) is 64.5 Å². The monoisotopic (exact) mass is 238 g/mol. The Morgan fingerprint density at radius 2 is 2.00 bits per heavy atom. The lowest BCUT2D eigenvalue weighted by molar-refractivity contribution is -0.135. The summed E-state index contributed by atoms with van der Waals surface area (Å²) in [7, 11) is 0. The number of hydrogen-bond acceptors (Lipinski definition) is 3. The highest BCUT2D eigenvalue weighted by atomic mass is 16.2. The van der Waals surface area contributed by atoms with Crippen molar-refractivity contribution >= 4 is 11.8 Å². The van der Waals surface area contributed by atoms with E-state index in [0.717, 1.165) is 6.42 Å². The molecule has 1 saturated heterocycles. The lowest BCUT2D eigenvalue weighted by Gasteiger charge is -2.41. The Bertz CT molecular complexity index is 325. The van der Waals surface area contributed by atoms with E-state index in [2.05, 4.69) is 24.5 Å². The predicted molar refractivity (Wildman–Crippen MR) is 65.3 cm³/mol. The van der Waals surface area contributed by atoms with E-state index in [1.54, 1.807) is 0 Å². The summed E-state index contributed by atoms with van der Waals surface area (Å²) in [6.45, 7) is 4.52. The van der Waals surface area contributed by atoms with Crippen LogP contribution in [0.3, 0.4) is 0 Å². The molecule has 0 spiro atoms. The summed E-state index contributed by atoms with van der Waals surface area (Å²) in [6.07, 6.45) is 5.94. The van der Waals surface area contributed by atoms with E-state index in [1.807, 2.05) is 0 Å². The molecule has 0 bridgehead atoms. The molecule has 2 rings (SSSR count). The molecule has 2 atom stereocenters. The van der Waals surface area contributed by atoms with Crippen LogP contribution in [0.4, 0.5) is 0 Å². The number of carbonyl (C=O) groups is 2. The van der Waals surface area contributed by atoms with Crippen LogP contribution in [0.15, 0.2) is 0 Å². The van der Waals surface area contributed by atoms with Crippen molar-refractivity contribution in [1.29, 1.82) is 0 Å². The summed E-state index contributed by atoms with van der Waals surface area (Å²) < 4.78 is 0. The predicted octanol–water partition coefficient (Wildman–Crippen LogP) is 1.35. The van der Waals surface area contributed by atoms with Gasteiger partial charge >= 0.3 is 0 Å². The van der Waals surface area contributed by atoms with Crippen LogP contribution in [0.5, 0.6) is 0 Å². The quantitative estimate of drug-likeness (QED) is 0.714. The molecule has 2 fully saturated rings. The third kappa shape index (κ3) is 2.86. The second-order valence-electron chi connectivity index (χ2n) is 5.96. The van der Waals surface area contributed by atoms with E-state index in [9.17, 15) is 9.59 Å². The molecule has 0 aromatic rings. The minimum atomic E-state index is -0.185. The highest BCUT2D eigenvalue weighted by Crippen LogP contribution is 2.35. The van der Waals surface area contributed by atoms with Gasteiger partial charge in [-0.15, -0.1) is 0 Å². The minimum absolute atomic E-state index is 0.143. The van der Waals surface area contributed by atoms with Crippen molar-refractivity contribution in [1.82, 2.24) is 10.6 Å². The summed E-state index contributed by atoms with van der Waals surface area (Å²) >= 11 is 0. The van der Waals surface area contributed by atoms with Crippen molar-refractivity contribution in [3.05, 3.63) is 0 Å². The third-order valence-electron chi connectivity index (χ3n) is 4.15. The fourth-order valence-electron chi connectivity index (χ4n) is 2.90. The first-order chi connectivity index (χ1) is 7.99. The average molecular weight is 238 g/mol. The summed E-state index contributed by atoms with van der Waals surface area (Å²) in [4.78, 5) is 22.8. The summed E-state index contributed by atoms with van der Waals surface area (Å²) in [5, 5.41) is 5.86. The summed E-state index contributed by atoms with van der Waals surface area (Å²) in [5.41, 5.74) is 0.250. The zero-order chi connectivity index (χ0) is 12.5. The summed E-state index contributed by atoms with van der Waals surface area (Å²) in [6, 6.07) is 0.204. The largest absolute Gasteiger partial charge is 0.303 e. The molecule has 17 heavy (non-hydrogen) atoms. The number of hydrogen-bond donors (Lipinski definition) is 2. The number of nitrogens with one attached hydrogen (secondary N) is 2. The number of rotatable bonds is 2. The smallest absolute Gasteiger partial charge is 0.243 e. The third-order valence-corrected chi connectivity index (χ3v) is 4.15. The zero-order valence-corrected chi connectivity index (χ0v) is 10.7. The highest BCUT2D eigenvalue weighted by molar-refractivity contribution is 6.00. The maximum Gasteiger partial charge on any atom is 0.243 e. The topological polar surface area (TPSA) is 58.2 Å². The molecule has 0 aromatic carbocycles. The molecular weight excluding hydrogens is 216 g/mol. The van der Waals surface area contributed by atoms with E-state index in [0.29, 0.717) is 18.9 Å². The van der Waals surface area contributed by atoms with Crippen LogP contribution >= 0.6 is 0 Å². The Morgan fingerprint density at radius 3 is 2.65 bits per heavy atom. The molecule has 0 radical (unpaired) electrons. The molecule has 2 N–H and O–H groups in total. The van der Waals surface area contributed by atoms with Crippen molar-refractivity contribution in [2.75, 3.05) is 0 Å². The number of amides is 2. The molecule has 2 unspecified atom stereocenters. The molecule has 96 valence electrons. The molecule has 1 heterocycles. The van der Waals surface area contributed by atoms with Crippen LogP contribution in [-0.2, 0) is 9.59 Å². The van der Waals surface area contributed by atoms with Crippen LogP contribution in [-0.4, -0.2) is 23.9 Å². The first-order valence-electron chi connectivity index (χ1n) is 6.59. The molecule has 2 amide bonds. The fraction of sp³-hybridized carbons (Fsp3) is 0.846. The van der Waals surface area contributed by atoms with Gasteiger partial charge in [-0.3, -0.25) is 14.9 Å². The van der Waals surface area contributed by atoms with Gasteiger partial charge in [-0.1, -0.05) is 26.7 Å². The van der Waals surface area contributed by atoms with Crippen LogP contribution in [0.2, 0.25) is 0 Å². The highest BCUT2D eigenvalue weighted by Gasteiger charge is 2.36. The number of imide groups is 1. The van der Waals surface area contributed by atoms with E-state index in [4.69, 9.17) is 0 Å². The maximum absolute atomic E-state index is 11.7. The van der Waals surface area contributed by atoms with Crippen LogP contribution in [0, 0.1) is 5.41 Å². The molecule has 1 aliphatic carbocycles.